The summed E-state index contributed by atoms with van der Waals surface area (Å²) in [5.74, 6) is 0.892. The van der Waals surface area contributed by atoms with Gasteiger partial charge in [-0.3, -0.25) is 4.90 Å². The number of aliphatic hydroxyl groups excluding tert-OH is 1. The van der Waals surface area contributed by atoms with E-state index in [1.807, 2.05) is 30.3 Å². The van der Waals surface area contributed by atoms with Crippen molar-refractivity contribution in [3.8, 4) is 5.75 Å². The van der Waals surface area contributed by atoms with Crippen molar-refractivity contribution in [2.24, 2.45) is 0 Å². The van der Waals surface area contributed by atoms with Crippen LogP contribution in [0.15, 0.2) is 78.9 Å². The van der Waals surface area contributed by atoms with E-state index in [-0.39, 0.29) is 12.7 Å². The quantitative estimate of drug-likeness (QED) is 0.507. The van der Waals surface area contributed by atoms with Crippen LogP contribution >= 0.6 is 0 Å². The van der Waals surface area contributed by atoms with Crippen LogP contribution in [0.5, 0.6) is 5.75 Å². The Morgan fingerprint density at radius 3 is 2.35 bits per heavy atom. The molecular formula is C27H31NO3. The predicted octanol–water partition coefficient (Wildman–Crippen LogP) is 4.94. The molecule has 4 rings (SSSR count). The molecule has 1 aliphatic heterocycles. The van der Waals surface area contributed by atoms with Gasteiger partial charge in [-0.05, 0) is 47.2 Å². The number of hydrogen-bond donors (Lipinski definition) is 1. The van der Waals surface area contributed by atoms with E-state index in [9.17, 15) is 5.11 Å². The van der Waals surface area contributed by atoms with Crippen molar-refractivity contribution in [1.82, 2.24) is 4.90 Å². The summed E-state index contributed by atoms with van der Waals surface area (Å²) >= 11 is 0. The molecule has 0 aliphatic carbocycles. The Morgan fingerprint density at radius 2 is 1.58 bits per heavy atom. The SMILES string of the molecule is OCc1ccccc1CN(Cc1ccccc1)Cc1cccc(OC[C@@H]2CCCO2)c1. The minimum atomic E-state index is 0.0575. The van der Waals surface area contributed by atoms with Crippen LogP contribution in [0.3, 0.4) is 0 Å². The fraction of sp³-hybridized carbons (Fsp3) is 0.333. The zero-order chi connectivity index (χ0) is 21.3. The molecule has 1 N–H and O–H groups in total. The topological polar surface area (TPSA) is 41.9 Å². The van der Waals surface area contributed by atoms with Crippen molar-refractivity contribution in [2.45, 2.75) is 45.2 Å². The first kappa shape index (κ1) is 21.6. The maximum absolute atomic E-state index is 9.75. The van der Waals surface area contributed by atoms with Crippen LogP contribution in [0, 0.1) is 0 Å². The number of nitrogens with zero attached hydrogens (tertiary/aromatic N) is 1. The molecule has 4 heteroatoms. The predicted molar refractivity (Wildman–Crippen MR) is 123 cm³/mol. The van der Waals surface area contributed by atoms with Crippen molar-refractivity contribution in [1.29, 1.82) is 0 Å². The van der Waals surface area contributed by atoms with Gasteiger partial charge < -0.3 is 14.6 Å². The largest absolute Gasteiger partial charge is 0.491 e. The fourth-order valence-electron chi connectivity index (χ4n) is 4.07. The van der Waals surface area contributed by atoms with Crippen molar-refractivity contribution >= 4 is 0 Å². The van der Waals surface area contributed by atoms with Gasteiger partial charge in [-0.25, -0.2) is 0 Å². The normalized spacial score (nSPS) is 16.0. The third-order valence-corrected chi connectivity index (χ3v) is 5.70. The van der Waals surface area contributed by atoms with E-state index in [1.165, 1.54) is 11.1 Å². The van der Waals surface area contributed by atoms with E-state index < -0.39 is 0 Å². The average molecular weight is 418 g/mol. The first-order valence-corrected chi connectivity index (χ1v) is 11.1. The molecule has 0 radical (unpaired) electrons. The highest BCUT2D eigenvalue weighted by molar-refractivity contribution is 5.30. The molecule has 31 heavy (non-hydrogen) atoms. The van der Waals surface area contributed by atoms with Crippen LogP contribution in [-0.4, -0.2) is 29.3 Å². The van der Waals surface area contributed by atoms with Crippen LogP contribution in [0.2, 0.25) is 0 Å². The van der Waals surface area contributed by atoms with Crippen molar-refractivity contribution in [2.75, 3.05) is 13.2 Å². The second-order valence-electron chi connectivity index (χ2n) is 8.15. The van der Waals surface area contributed by atoms with E-state index in [2.05, 4.69) is 53.4 Å². The van der Waals surface area contributed by atoms with Crippen LogP contribution in [-0.2, 0) is 31.0 Å². The van der Waals surface area contributed by atoms with Crippen molar-refractivity contribution < 1.29 is 14.6 Å². The summed E-state index contributed by atoms with van der Waals surface area (Å²) in [5, 5.41) is 9.75. The van der Waals surface area contributed by atoms with E-state index in [1.54, 1.807) is 0 Å². The Labute approximate surface area is 185 Å². The lowest BCUT2D eigenvalue weighted by atomic mass is 10.1. The molecule has 0 bridgehead atoms. The van der Waals surface area contributed by atoms with Gasteiger partial charge in [-0.2, -0.15) is 0 Å². The lowest BCUT2D eigenvalue weighted by Crippen LogP contribution is -2.23. The molecule has 0 saturated carbocycles. The van der Waals surface area contributed by atoms with E-state index >= 15 is 0 Å². The highest BCUT2D eigenvalue weighted by atomic mass is 16.5. The molecule has 3 aromatic carbocycles. The molecule has 1 atom stereocenters. The van der Waals surface area contributed by atoms with Gasteiger partial charge in [-0.1, -0.05) is 66.7 Å². The molecule has 3 aromatic rings. The van der Waals surface area contributed by atoms with Gasteiger partial charge in [0.15, 0.2) is 0 Å². The second kappa shape index (κ2) is 11.1. The van der Waals surface area contributed by atoms with Gasteiger partial charge >= 0.3 is 0 Å². The van der Waals surface area contributed by atoms with Crippen LogP contribution in [0.1, 0.15) is 35.1 Å². The Bertz CT molecular complexity index is 938. The first-order chi connectivity index (χ1) is 15.3. The summed E-state index contributed by atoms with van der Waals surface area (Å²) in [7, 11) is 0. The van der Waals surface area contributed by atoms with Gasteiger partial charge in [0.05, 0.1) is 12.7 Å². The van der Waals surface area contributed by atoms with Gasteiger partial charge in [0, 0.05) is 26.2 Å². The van der Waals surface area contributed by atoms with E-state index in [0.29, 0.717) is 6.61 Å². The summed E-state index contributed by atoms with van der Waals surface area (Å²) in [4.78, 5) is 2.41. The summed E-state index contributed by atoms with van der Waals surface area (Å²) < 4.78 is 11.7. The molecule has 4 nitrogen and oxygen atoms in total. The summed E-state index contributed by atoms with van der Waals surface area (Å²) in [6.45, 7) is 3.92. The average Bonchev–Trinajstić information content (AvgIpc) is 3.33. The standard InChI is InChI=1S/C27H31NO3/c29-20-25-12-5-4-11-24(25)19-28(17-22-8-2-1-3-9-22)18-23-10-6-13-26(16-23)31-21-27-14-7-15-30-27/h1-6,8-13,16,27,29H,7,14-15,17-21H2/t27-/m0/s1. The monoisotopic (exact) mass is 417 g/mol. The molecule has 1 aliphatic rings. The number of aliphatic hydroxyl groups is 1. The summed E-state index contributed by atoms with van der Waals surface area (Å²) in [6, 6.07) is 27.0. The fourth-order valence-corrected chi connectivity index (χ4v) is 4.07. The molecular weight excluding hydrogens is 386 g/mol. The number of benzene rings is 3. The van der Waals surface area contributed by atoms with E-state index in [4.69, 9.17) is 9.47 Å². The minimum Gasteiger partial charge on any atom is -0.491 e. The van der Waals surface area contributed by atoms with Gasteiger partial charge in [0.25, 0.3) is 0 Å². The van der Waals surface area contributed by atoms with Gasteiger partial charge in [0.2, 0.25) is 0 Å². The minimum absolute atomic E-state index is 0.0575. The van der Waals surface area contributed by atoms with E-state index in [0.717, 1.165) is 56.0 Å². The molecule has 0 aromatic heterocycles. The number of ether oxygens (including phenoxy) is 2. The van der Waals surface area contributed by atoms with Crippen LogP contribution in [0.25, 0.3) is 0 Å². The maximum Gasteiger partial charge on any atom is 0.119 e. The third-order valence-electron chi connectivity index (χ3n) is 5.70. The highest BCUT2D eigenvalue weighted by Gasteiger charge is 2.16. The second-order valence-corrected chi connectivity index (χ2v) is 8.15. The lowest BCUT2D eigenvalue weighted by molar-refractivity contribution is 0.0679. The zero-order valence-corrected chi connectivity index (χ0v) is 18.0. The third kappa shape index (κ3) is 6.41. The van der Waals surface area contributed by atoms with Crippen LogP contribution < -0.4 is 4.74 Å². The smallest absolute Gasteiger partial charge is 0.119 e. The molecule has 0 spiro atoms. The number of rotatable bonds is 10. The Kier molecular flexibility index (Phi) is 7.72. The Morgan fingerprint density at radius 1 is 0.839 bits per heavy atom. The molecule has 1 fully saturated rings. The number of hydrogen-bond acceptors (Lipinski definition) is 4. The highest BCUT2D eigenvalue weighted by Crippen LogP contribution is 2.21. The molecule has 0 amide bonds. The molecule has 0 unspecified atom stereocenters. The van der Waals surface area contributed by atoms with Gasteiger partial charge in [0.1, 0.15) is 12.4 Å². The van der Waals surface area contributed by atoms with Crippen molar-refractivity contribution in [3.05, 3.63) is 101 Å². The zero-order valence-electron chi connectivity index (χ0n) is 18.0. The Hall–Kier alpha value is -2.66. The van der Waals surface area contributed by atoms with Crippen LogP contribution in [0.4, 0.5) is 0 Å². The molecule has 162 valence electrons. The molecule has 1 heterocycles. The Balaban J connectivity index is 1.47. The summed E-state index contributed by atoms with van der Waals surface area (Å²) in [6.07, 6.45) is 2.42. The summed E-state index contributed by atoms with van der Waals surface area (Å²) in [5.41, 5.74) is 4.62. The first-order valence-electron chi connectivity index (χ1n) is 11.1. The lowest BCUT2D eigenvalue weighted by Gasteiger charge is -2.24. The van der Waals surface area contributed by atoms with Crippen molar-refractivity contribution in [3.63, 3.8) is 0 Å². The maximum atomic E-state index is 9.75. The van der Waals surface area contributed by atoms with Gasteiger partial charge in [-0.15, -0.1) is 0 Å². The molecule has 1 saturated heterocycles.